The Labute approximate surface area is 441 Å². The predicted molar refractivity (Wildman–Crippen MR) is 315 cm³/mol. The van der Waals surface area contributed by atoms with Gasteiger partial charge in [-0.2, -0.15) is 0 Å². The van der Waals surface area contributed by atoms with Crippen LogP contribution in [0.5, 0.6) is 0 Å². The zero-order chi connectivity index (χ0) is 49.9. The van der Waals surface area contributed by atoms with Crippen molar-refractivity contribution < 1.29 is 4.42 Å². The Morgan fingerprint density at radius 2 is 0.829 bits per heavy atom. The Kier molecular flexibility index (Phi) is 9.25. The van der Waals surface area contributed by atoms with Gasteiger partial charge in [0.15, 0.2) is 0 Å². The first kappa shape index (κ1) is 42.5. The molecule has 0 amide bonds. The summed E-state index contributed by atoms with van der Waals surface area (Å²) in [5.41, 5.74) is 26.7. The standard InChI is InChI=1S/C73H46N2O/c1-3-21-47(22-4-1)48-23-19-26-50(43-48)74(69-39-20-35-61-55-30-10-9-29-54(55)59-33-13-17-38-68(59)75(72(61)69)49-24-5-2-6-25-49)51-41-42-58-53-28-8-7-27-52(53)56-31-11-15-36-64(56)73(66(58)44-51)65-37-16-12-32-57(65)62-45-63-60-34-14-18-40-70(60)76-71(63)46-67(62)73/h1-46H. The summed E-state index contributed by atoms with van der Waals surface area (Å²) in [5.74, 6) is 0. The Morgan fingerprint density at radius 3 is 1.58 bits per heavy atom. The summed E-state index contributed by atoms with van der Waals surface area (Å²) in [6.07, 6.45) is 0. The van der Waals surface area contributed by atoms with E-state index in [1.165, 1.54) is 72.3 Å². The van der Waals surface area contributed by atoms with Crippen LogP contribution in [-0.2, 0) is 5.41 Å². The van der Waals surface area contributed by atoms with Crippen LogP contribution in [-0.4, -0.2) is 0 Å². The molecule has 0 radical (unpaired) electrons. The van der Waals surface area contributed by atoms with E-state index >= 15 is 0 Å². The molecule has 0 saturated heterocycles. The number of hydrogen-bond acceptors (Lipinski definition) is 3. The number of nitrogens with zero attached hydrogens (tertiary/aromatic N) is 2. The van der Waals surface area contributed by atoms with Crippen LogP contribution < -0.4 is 9.80 Å². The van der Waals surface area contributed by atoms with Crippen LogP contribution in [0.3, 0.4) is 0 Å². The van der Waals surface area contributed by atoms with Crippen LogP contribution in [0.2, 0.25) is 0 Å². The van der Waals surface area contributed by atoms with Crippen molar-refractivity contribution >= 4 is 56.1 Å². The summed E-state index contributed by atoms with van der Waals surface area (Å²) < 4.78 is 6.85. The van der Waals surface area contributed by atoms with Crippen LogP contribution in [0, 0.1) is 0 Å². The molecule has 2 heterocycles. The molecule has 3 heteroatoms. The van der Waals surface area contributed by atoms with E-state index in [2.05, 4.69) is 289 Å². The molecule has 354 valence electrons. The van der Waals surface area contributed by atoms with Gasteiger partial charge in [-0.3, -0.25) is 0 Å². The molecule has 12 aromatic carbocycles. The highest BCUT2D eigenvalue weighted by Crippen LogP contribution is 2.64. The van der Waals surface area contributed by atoms with E-state index in [-0.39, 0.29) is 0 Å². The van der Waals surface area contributed by atoms with E-state index in [0.29, 0.717) is 0 Å². The summed E-state index contributed by atoms with van der Waals surface area (Å²) in [5, 5.41) is 2.25. The quantitative estimate of drug-likeness (QED) is 0.171. The van der Waals surface area contributed by atoms with Crippen LogP contribution in [0.25, 0.3) is 88.7 Å². The van der Waals surface area contributed by atoms with Crippen LogP contribution in [0.15, 0.2) is 283 Å². The van der Waals surface area contributed by atoms with Gasteiger partial charge in [0.1, 0.15) is 11.2 Å². The molecule has 3 nitrogen and oxygen atoms in total. The molecule has 0 saturated carbocycles. The van der Waals surface area contributed by atoms with Crippen molar-refractivity contribution in [3.05, 3.63) is 301 Å². The van der Waals surface area contributed by atoms with Gasteiger partial charge in [-0.05, 0) is 145 Å². The predicted octanol–water partition coefficient (Wildman–Crippen LogP) is 19.9. The average Bonchev–Trinajstić information content (AvgIpc) is 4.01. The van der Waals surface area contributed by atoms with Crippen molar-refractivity contribution in [2.75, 3.05) is 9.80 Å². The lowest BCUT2D eigenvalue weighted by molar-refractivity contribution is 0.666. The molecule has 1 aliphatic heterocycles. The number of anilines is 6. The van der Waals surface area contributed by atoms with Crippen molar-refractivity contribution in [3.8, 4) is 66.8 Å². The molecule has 1 aromatic heterocycles. The van der Waals surface area contributed by atoms with Crippen LogP contribution in [0.1, 0.15) is 22.3 Å². The van der Waals surface area contributed by atoms with E-state index < -0.39 is 5.41 Å². The van der Waals surface area contributed by atoms with Crippen LogP contribution >= 0.6 is 0 Å². The second kappa shape index (κ2) is 16.5. The third-order valence-electron chi connectivity index (χ3n) is 16.4. The second-order valence-corrected chi connectivity index (χ2v) is 20.3. The summed E-state index contributed by atoms with van der Waals surface area (Å²) in [6, 6.07) is 103. The van der Waals surface area contributed by atoms with Gasteiger partial charge >= 0.3 is 0 Å². The fourth-order valence-electron chi connectivity index (χ4n) is 13.3. The molecule has 3 aliphatic rings. The fraction of sp³-hybridized carbons (Fsp3) is 0.0137. The highest BCUT2D eigenvalue weighted by molar-refractivity contribution is 6.11. The van der Waals surface area contributed by atoms with E-state index in [9.17, 15) is 0 Å². The number of fused-ring (bicyclic) bond motifs is 20. The van der Waals surface area contributed by atoms with Gasteiger partial charge in [-0.15, -0.1) is 0 Å². The number of benzene rings is 12. The summed E-state index contributed by atoms with van der Waals surface area (Å²) >= 11 is 0. The molecular weight excluding hydrogens is 921 g/mol. The Morgan fingerprint density at radius 1 is 0.303 bits per heavy atom. The van der Waals surface area contributed by atoms with E-state index in [4.69, 9.17) is 4.42 Å². The third kappa shape index (κ3) is 6.05. The summed E-state index contributed by atoms with van der Waals surface area (Å²) in [4.78, 5) is 5.02. The molecule has 2 aliphatic carbocycles. The van der Waals surface area contributed by atoms with E-state index in [1.807, 2.05) is 0 Å². The minimum Gasteiger partial charge on any atom is -0.456 e. The molecule has 0 bridgehead atoms. The molecular formula is C73H46N2O. The molecule has 0 N–H and O–H groups in total. The van der Waals surface area contributed by atoms with Gasteiger partial charge < -0.3 is 14.2 Å². The van der Waals surface area contributed by atoms with Crippen molar-refractivity contribution in [1.29, 1.82) is 0 Å². The van der Waals surface area contributed by atoms with Crippen molar-refractivity contribution in [2.45, 2.75) is 5.41 Å². The number of para-hydroxylation sites is 4. The van der Waals surface area contributed by atoms with Gasteiger partial charge in [-0.25, -0.2) is 0 Å². The normalized spacial score (nSPS) is 14.3. The fourth-order valence-corrected chi connectivity index (χ4v) is 13.3. The largest absolute Gasteiger partial charge is 0.456 e. The number of furan rings is 1. The molecule has 1 spiro atoms. The molecule has 0 fully saturated rings. The van der Waals surface area contributed by atoms with Crippen LogP contribution in [0.4, 0.5) is 34.1 Å². The highest BCUT2D eigenvalue weighted by atomic mass is 16.3. The lowest BCUT2D eigenvalue weighted by atomic mass is 9.65. The van der Waals surface area contributed by atoms with Gasteiger partial charge in [0.05, 0.1) is 22.5 Å². The molecule has 1 unspecified atom stereocenters. The average molecular weight is 967 g/mol. The molecule has 13 aromatic rings. The zero-order valence-electron chi connectivity index (χ0n) is 41.4. The SMILES string of the molecule is c1ccc(-c2cccc(N(c3ccc4c(c3)C3(c5ccccc5-c5ccccc5-4)c4ccccc4-c4cc5c(cc43)oc3ccccc35)c3cccc4c3N(c3ccccc3)c3ccccc3-c3ccccc3-4)c2)cc1. The van der Waals surface area contributed by atoms with Gasteiger partial charge in [0.25, 0.3) is 0 Å². The minimum absolute atomic E-state index is 0.765. The maximum absolute atomic E-state index is 6.85. The first-order valence-electron chi connectivity index (χ1n) is 26.2. The van der Waals surface area contributed by atoms with Gasteiger partial charge in [-0.1, -0.05) is 212 Å². The number of hydrogen-bond donors (Lipinski definition) is 0. The Hall–Kier alpha value is -9.96. The lowest BCUT2D eigenvalue weighted by Crippen LogP contribution is -2.29. The summed E-state index contributed by atoms with van der Waals surface area (Å²) in [6.45, 7) is 0. The van der Waals surface area contributed by atoms with Gasteiger partial charge in [0.2, 0.25) is 0 Å². The van der Waals surface area contributed by atoms with E-state index in [1.54, 1.807) is 0 Å². The van der Waals surface area contributed by atoms with Crippen molar-refractivity contribution in [1.82, 2.24) is 0 Å². The third-order valence-corrected chi connectivity index (χ3v) is 16.4. The van der Waals surface area contributed by atoms with Gasteiger partial charge in [0, 0.05) is 39.0 Å². The Balaban J connectivity index is 1.05. The van der Waals surface area contributed by atoms with Crippen molar-refractivity contribution in [2.24, 2.45) is 0 Å². The molecule has 1 atom stereocenters. The molecule has 76 heavy (non-hydrogen) atoms. The zero-order valence-corrected chi connectivity index (χ0v) is 41.4. The maximum atomic E-state index is 6.85. The van der Waals surface area contributed by atoms with E-state index in [0.717, 1.165) is 72.8 Å². The Bertz CT molecular complexity index is 4490. The topological polar surface area (TPSA) is 19.6 Å². The minimum atomic E-state index is -0.765. The number of rotatable bonds is 5. The van der Waals surface area contributed by atoms with Crippen molar-refractivity contribution in [3.63, 3.8) is 0 Å². The first-order valence-corrected chi connectivity index (χ1v) is 26.2. The maximum Gasteiger partial charge on any atom is 0.135 e. The molecule has 16 rings (SSSR count). The summed E-state index contributed by atoms with van der Waals surface area (Å²) in [7, 11) is 0. The monoisotopic (exact) mass is 966 g/mol. The highest BCUT2D eigenvalue weighted by Gasteiger charge is 2.50. The smallest absolute Gasteiger partial charge is 0.135 e. The lowest BCUT2D eigenvalue weighted by Gasteiger charge is -2.37. The second-order valence-electron chi connectivity index (χ2n) is 20.3. The first-order chi connectivity index (χ1) is 37.7.